The van der Waals surface area contributed by atoms with Gasteiger partial charge in [0.05, 0.1) is 5.39 Å². The molecule has 0 spiro atoms. The fourth-order valence-corrected chi connectivity index (χ4v) is 4.48. The molecule has 3 heterocycles. The summed E-state index contributed by atoms with van der Waals surface area (Å²) in [6.07, 6.45) is -2.60. The van der Waals surface area contributed by atoms with Crippen LogP contribution in [0.3, 0.4) is 0 Å². The van der Waals surface area contributed by atoms with Gasteiger partial charge in [-0.05, 0) is 17.7 Å². The van der Waals surface area contributed by atoms with Gasteiger partial charge in [-0.25, -0.2) is 9.97 Å². The highest BCUT2D eigenvalue weighted by molar-refractivity contribution is 6.35. The van der Waals surface area contributed by atoms with Gasteiger partial charge in [0, 0.05) is 17.8 Å². The Hall–Kier alpha value is -3.01. The monoisotopic (exact) mass is 451 g/mol. The topological polar surface area (TPSA) is 118 Å². The Morgan fingerprint density at radius 2 is 1.69 bits per heavy atom. The minimum Gasteiger partial charge on any atom is -0.387 e. The van der Waals surface area contributed by atoms with Crippen molar-refractivity contribution >= 4 is 34.1 Å². The zero-order chi connectivity index (χ0) is 22.2. The van der Waals surface area contributed by atoms with Crippen molar-refractivity contribution in [1.29, 1.82) is 0 Å². The van der Waals surface area contributed by atoms with E-state index in [1.165, 1.54) is 6.33 Å². The average Bonchev–Trinajstić information content (AvgIpc) is 3.28. The van der Waals surface area contributed by atoms with Crippen LogP contribution in [0.4, 0.5) is 11.5 Å². The summed E-state index contributed by atoms with van der Waals surface area (Å²) in [5.74, 6) is 0.559. The van der Waals surface area contributed by atoms with Crippen LogP contribution >= 0.6 is 11.6 Å². The lowest BCUT2D eigenvalue weighted by molar-refractivity contribution is -0.0316. The van der Waals surface area contributed by atoms with Crippen LogP contribution in [-0.2, 0) is 4.74 Å². The molecule has 0 aliphatic carbocycles. The van der Waals surface area contributed by atoms with E-state index in [9.17, 15) is 10.2 Å². The molecule has 9 heteroatoms. The molecule has 0 amide bonds. The maximum absolute atomic E-state index is 10.7. The van der Waals surface area contributed by atoms with E-state index >= 15 is 0 Å². The molecular weight excluding hydrogens is 430 g/mol. The Morgan fingerprint density at radius 3 is 2.34 bits per heavy atom. The molecule has 4 aromatic rings. The van der Waals surface area contributed by atoms with Gasteiger partial charge < -0.3 is 26.0 Å². The van der Waals surface area contributed by atoms with E-state index in [-0.39, 0.29) is 6.54 Å². The predicted octanol–water partition coefficient (Wildman–Crippen LogP) is 3.07. The summed E-state index contributed by atoms with van der Waals surface area (Å²) in [5, 5.41) is 25.4. The van der Waals surface area contributed by atoms with E-state index < -0.39 is 24.5 Å². The van der Waals surface area contributed by atoms with Gasteiger partial charge in [-0.2, -0.15) is 0 Å². The van der Waals surface area contributed by atoms with Crippen molar-refractivity contribution in [2.45, 2.75) is 24.5 Å². The first-order chi connectivity index (χ1) is 15.6. The highest BCUT2D eigenvalue weighted by atomic mass is 35.5. The summed E-state index contributed by atoms with van der Waals surface area (Å²) in [7, 11) is 0. The predicted molar refractivity (Wildman–Crippen MR) is 123 cm³/mol. The Kier molecular flexibility index (Phi) is 5.54. The lowest BCUT2D eigenvalue weighted by Gasteiger charge is -2.18. The normalized spacial score (nSPS) is 23.0. The number of anilines is 2. The fourth-order valence-electron chi connectivity index (χ4n) is 4.10. The number of halogens is 1. The number of hydrogen-bond acceptors (Lipinski definition) is 7. The number of fused-ring (bicyclic) bond motifs is 1. The molecule has 4 atom stereocenters. The number of nitrogens with zero attached hydrogens (tertiary/aromatic N) is 3. The molecule has 32 heavy (non-hydrogen) atoms. The van der Waals surface area contributed by atoms with Gasteiger partial charge >= 0.3 is 0 Å². The van der Waals surface area contributed by atoms with Gasteiger partial charge in [-0.15, -0.1) is 0 Å². The third kappa shape index (κ3) is 3.42. The maximum atomic E-state index is 10.7. The van der Waals surface area contributed by atoms with Crippen LogP contribution in [0.5, 0.6) is 0 Å². The van der Waals surface area contributed by atoms with E-state index in [1.54, 1.807) is 4.57 Å². The molecule has 2 aromatic heterocycles. The quantitative estimate of drug-likeness (QED) is 0.368. The third-order valence-corrected chi connectivity index (χ3v) is 6.02. The Labute approximate surface area is 189 Å². The fraction of sp³-hybridized carbons (Fsp3) is 0.217. The number of rotatable bonds is 5. The summed E-state index contributed by atoms with van der Waals surface area (Å²) < 4.78 is 7.49. The number of ether oxygens (including phenoxy) is 1. The number of para-hydroxylation sites is 1. The van der Waals surface area contributed by atoms with Crippen molar-refractivity contribution in [3.05, 3.63) is 72.1 Å². The Balaban J connectivity index is 1.74. The van der Waals surface area contributed by atoms with E-state index in [1.807, 2.05) is 60.7 Å². The number of hydrogen-bond donors (Lipinski definition) is 4. The van der Waals surface area contributed by atoms with E-state index in [4.69, 9.17) is 22.1 Å². The first-order valence-electron chi connectivity index (χ1n) is 10.2. The third-order valence-electron chi connectivity index (χ3n) is 5.65. The molecule has 0 unspecified atom stereocenters. The number of aliphatic hydroxyl groups is 2. The van der Waals surface area contributed by atoms with Crippen LogP contribution in [0.25, 0.3) is 22.2 Å². The zero-order valence-electron chi connectivity index (χ0n) is 17.0. The molecule has 5 N–H and O–H groups in total. The van der Waals surface area contributed by atoms with Gasteiger partial charge in [-0.3, -0.25) is 4.57 Å². The lowest BCUT2D eigenvalue weighted by atomic mass is 10.1. The number of nitrogens with two attached hydrogens (primary N) is 1. The van der Waals surface area contributed by atoms with E-state index in [0.29, 0.717) is 27.6 Å². The molecule has 0 bridgehead atoms. The summed E-state index contributed by atoms with van der Waals surface area (Å²) in [6.45, 7) is 0.0624. The molecule has 0 radical (unpaired) electrons. The van der Waals surface area contributed by atoms with Crippen LogP contribution in [0.1, 0.15) is 6.23 Å². The summed E-state index contributed by atoms with van der Waals surface area (Å²) in [4.78, 5) is 8.94. The molecular formula is C23H22ClN5O3. The minimum absolute atomic E-state index is 0.0624. The molecule has 8 nitrogen and oxygen atoms in total. The number of aliphatic hydroxyl groups excluding tert-OH is 2. The van der Waals surface area contributed by atoms with Gasteiger partial charge in [0.15, 0.2) is 6.23 Å². The van der Waals surface area contributed by atoms with Crippen LogP contribution < -0.4 is 11.1 Å². The lowest BCUT2D eigenvalue weighted by Crippen LogP contribution is -2.35. The molecule has 0 saturated carbocycles. The second-order valence-electron chi connectivity index (χ2n) is 7.60. The number of benzene rings is 2. The SMILES string of the molecule is NC[C@H]1O[C@@H](n2c(Cl)c(-c3ccccc3)c3c(Nc4ccccc4)ncnc32)[C@@H](O)[C@H]1O. The number of nitrogens with one attached hydrogen (secondary N) is 1. The average molecular weight is 452 g/mol. The second kappa shape index (κ2) is 8.50. The first-order valence-corrected chi connectivity index (χ1v) is 10.6. The smallest absolute Gasteiger partial charge is 0.165 e. The summed E-state index contributed by atoms with van der Waals surface area (Å²) in [5.41, 5.74) is 8.59. The van der Waals surface area contributed by atoms with Gasteiger partial charge in [0.2, 0.25) is 0 Å². The van der Waals surface area contributed by atoms with E-state index in [2.05, 4.69) is 15.3 Å². The number of aromatic nitrogens is 3. The minimum atomic E-state index is -1.22. The molecule has 1 fully saturated rings. The largest absolute Gasteiger partial charge is 0.387 e. The van der Waals surface area contributed by atoms with Crippen LogP contribution in [0.15, 0.2) is 67.0 Å². The van der Waals surface area contributed by atoms with Gasteiger partial charge in [-0.1, -0.05) is 60.1 Å². The zero-order valence-corrected chi connectivity index (χ0v) is 17.7. The molecule has 2 aromatic carbocycles. The highest BCUT2D eigenvalue weighted by Gasteiger charge is 2.45. The van der Waals surface area contributed by atoms with Crippen molar-refractivity contribution in [2.24, 2.45) is 5.73 Å². The van der Waals surface area contributed by atoms with Crippen molar-refractivity contribution in [2.75, 3.05) is 11.9 Å². The van der Waals surface area contributed by atoms with Crippen LogP contribution in [-0.4, -0.2) is 49.6 Å². The van der Waals surface area contributed by atoms with Crippen molar-refractivity contribution in [1.82, 2.24) is 14.5 Å². The Morgan fingerprint density at radius 1 is 1.00 bits per heavy atom. The first kappa shape index (κ1) is 20.9. The molecule has 164 valence electrons. The van der Waals surface area contributed by atoms with Crippen LogP contribution in [0, 0.1) is 0 Å². The molecule has 1 saturated heterocycles. The standard InChI is InChI=1S/C23H22ClN5O3/c24-20-16(13-7-3-1-4-8-13)17-21(28-14-9-5-2-6-10-14)26-12-27-22(17)29(20)23-19(31)18(30)15(11-25)32-23/h1-10,12,15,18-19,23,30-31H,11,25H2,(H,26,27,28)/t15-,18+,19+,23-/m1/s1. The van der Waals surface area contributed by atoms with Gasteiger partial charge in [0.25, 0.3) is 0 Å². The molecule has 5 rings (SSSR count). The highest BCUT2D eigenvalue weighted by Crippen LogP contribution is 2.44. The van der Waals surface area contributed by atoms with Crippen molar-refractivity contribution in [3.63, 3.8) is 0 Å². The second-order valence-corrected chi connectivity index (χ2v) is 7.95. The van der Waals surface area contributed by atoms with Crippen LogP contribution in [0.2, 0.25) is 5.15 Å². The van der Waals surface area contributed by atoms with Crippen molar-refractivity contribution in [3.8, 4) is 11.1 Å². The Bertz CT molecular complexity index is 1230. The molecule has 1 aliphatic rings. The summed E-state index contributed by atoms with van der Waals surface area (Å²) in [6, 6.07) is 19.3. The van der Waals surface area contributed by atoms with Gasteiger partial charge in [0.1, 0.15) is 41.3 Å². The van der Waals surface area contributed by atoms with E-state index in [0.717, 1.165) is 11.3 Å². The van der Waals surface area contributed by atoms with Crippen molar-refractivity contribution < 1.29 is 14.9 Å². The maximum Gasteiger partial charge on any atom is 0.165 e. The summed E-state index contributed by atoms with van der Waals surface area (Å²) >= 11 is 6.91. The molecule has 1 aliphatic heterocycles.